The normalized spacial score (nSPS) is 40.2. The number of nitrogens with zero attached hydrogens (tertiary/aromatic N) is 4. The van der Waals surface area contributed by atoms with Gasteiger partial charge in [-0.25, -0.2) is 0 Å². The van der Waals surface area contributed by atoms with Gasteiger partial charge in [0.2, 0.25) is 0 Å². The number of Topliss-reactive ketones (excluding diaryl/α,β-unsaturated/α-hetero) is 3. The molecule has 37 heteroatoms. The maximum atomic E-state index is 12.7. The number of nitrogens with one attached hydrogen (secondary N) is 1. The fourth-order valence-electron chi connectivity index (χ4n) is 33.1. The summed E-state index contributed by atoms with van der Waals surface area (Å²) in [6.07, 6.45) is 12.7. The average Bonchev–Trinajstić information content (AvgIpc) is 1.50. The molecule has 0 amide bonds. The lowest BCUT2D eigenvalue weighted by atomic mass is 9.46. The molecule has 11 heterocycles. The predicted molar refractivity (Wildman–Crippen MR) is 508 cm³/mol. The fraction of sp³-hybridized carbons (Fsp3) is 0.546. The Hall–Kier alpha value is -9.86. The molecule has 5 saturated heterocycles. The number of likely N-dealkylation sites (tertiary alicyclic amines) is 4. The first-order chi connectivity index (χ1) is 68.6. The number of benzene rings is 6. The number of quaternary nitrogens is 1. The summed E-state index contributed by atoms with van der Waals surface area (Å²) in [6, 6.07) is 22.8. The summed E-state index contributed by atoms with van der Waals surface area (Å²) >= 11 is 0. The molecule has 9 fully saturated rings. The van der Waals surface area contributed by atoms with Crippen LogP contribution in [0.5, 0.6) is 40.2 Å². The Morgan fingerprint density at radius 1 is 0.400 bits per heavy atom. The van der Waals surface area contributed by atoms with Gasteiger partial charge in [0.15, 0.2) is 82.8 Å². The van der Waals surface area contributed by atoms with Crippen molar-refractivity contribution in [3.05, 3.63) is 211 Å². The number of methoxy groups -OCH3 is 1. The summed E-state index contributed by atoms with van der Waals surface area (Å²) in [7, 11) is 4.43. The minimum atomic E-state index is -5.17. The monoisotopic (exact) mass is 2010 g/mol. The number of aliphatic hydroxyl groups is 13. The zero-order valence-corrected chi connectivity index (χ0v) is 82.1. The number of carbonyl (C=O) groups excluding carboxylic acids is 6. The molecule has 13 aliphatic carbocycles. The van der Waals surface area contributed by atoms with Crippen LogP contribution in [0.15, 0.2) is 109 Å². The van der Waals surface area contributed by atoms with Gasteiger partial charge < -0.3 is 134 Å². The smallest absolute Gasteiger partial charge is 0.196 e. The van der Waals surface area contributed by atoms with E-state index in [1.54, 1.807) is 25.3 Å². The highest BCUT2D eigenvalue weighted by molar-refractivity contribution is 7.79. The zero-order valence-electron chi connectivity index (χ0n) is 81.3. The van der Waals surface area contributed by atoms with Crippen LogP contribution in [0.3, 0.4) is 0 Å². The van der Waals surface area contributed by atoms with E-state index in [4.69, 9.17) is 50.7 Å². The van der Waals surface area contributed by atoms with E-state index in [-0.39, 0.29) is 130 Å². The minimum Gasteiger partial charge on any atom is -0.759 e. The van der Waals surface area contributed by atoms with Crippen molar-refractivity contribution in [2.24, 2.45) is 5.92 Å². The Kier molecular flexibility index (Phi) is 22.5. The number of rotatable bonds is 6. The van der Waals surface area contributed by atoms with Crippen molar-refractivity contribution in [1.82, 2.24) is 24.9 Å². The summed E-state index contributed by atoms with van der Waals surface area (Å²) in [5, 5.41) is 143. The van der Waals surface area contributed by atoms with Crippen LogP contribution in [-0.2, 0) is 143 Å². The van der Waals surface area contributed by atoms with Crippen molar-refractivity contribution in [2.75, 3.05) is 68.0 Å². The first kappa shape index (κ1) is 98.5. The van der Waals surface area contributed by atoms with Gasteiger partial charge in [0, 0.05) is 141 Å². The molecule has 12 bridgehead atoms. The SMILES string of the molecule is CN1CC[C@]23c4c5ccc(CO)c4OC2C(=O)CC(O)[C@@]3(O)[C@H]1C5.CN1CC[C@]23c4c5ccc(CO)c4OC2C(=O)CC(O)[C@@]3(O)[C@H]1C5.CN1CC[C@]23c4c5ccc(CO)c4O[C@H]2C(=O)C=C[C@@]3(O)[C@H]1C5.CN1CC[C@]23c4c5ccc(CO)c4O[C@H]2C(=O)CC[C@@]3(O)[C@H]1C5.COc1ccc2c3c1O[C@H]1C(=O)C=C[C@@]4(O)[C@@H](C2)C([NH3+])CC[C@]314.O=C1C=C[C@@]2(O)[C@H]3Cc4ccc(CO)c5c4[C@@]2(CCN3)[C@H]1O5.O=S(=O)([O-])[O-].[CH3+]. The summed E-state index contributed by atoms with van der Waals surface area (Å²) in [6.45, 7) is 3.15. The quantitative estimate of drug-likeness (QED) is 0.0544. The summed E-state index contributed by atoms with van der Waals surface area (Å²) in [5.74, 6) is 3.78. The Balaban J connectivity index is 0.0000000951. The molecule has 11 aliphatic heterocycles. The van der Waals surface area contributed by atoms with Crippen LogP contribution in [0.25, 0.3) is 0 Å². The van der Waals surface area contributed by atoms with Crippen molar-refractivity contribution < 1.29 is 152 Å². The molecule has 0 aromatic heterocycles. The average molecular weight is 2020 g/mol. The van der Waals surface area contributed by atoms with Gasteiger partial charge in [-0.15, -0.1) is 0 Å². The second-order valence-corrected chi connectivity index (χ2v) is 45.4. The Morgan fingerprint density at radius 3 is 1.18 bits per heavy atom. The van der Waals surface area contributed by atoms with Crippen LogP contribution in [0.2, 0.25) is 0 Å². The molecule has 6 aromatic rings. The number of piperidine rings is 5. The lowest BCUT2D eigenvalue weighted by molar-refractivity contribution is -0.452. The molecule has 5 unspecified atom stereocenters. The third kappa shape index (κ3) is 12.1. The molecule has 4 saturated carbocycles. The van der Waals surface area contributed by atoms with Crippen LogP contribution in [0, 0.1) is 13.3 Å². The number of hydrogen-bond donors (Lipinski definition) is 15. The number of carbonyl (C=O) groups is 6. The number of ether oxygens (including phenoxy) is 7. The van der Waals surface area contributed by atoms with Crippen LogP contribution in [0.4, 0.5) is 0 Å². The van der Waals surface area contributed by atoms with Gasteiger partial charge in [0.25, 0.3) is 0 Å². The van der Waals surface area contributed by atoms with E-state index >= 15 is 0 Å². The van der Waals surface area contributed by atoms with Crippen LogP contribution in [0.1, 0.15) is 165 Å². The second-order valence-electron chi connectivity index (χ2n) is 44.6. The van der Waals surface area contributed by atoms with Gasteiger partial charge in [-0.1, -0.05) is 66.7 Å². The van der Waals surface area contributed by atoms with Gasteiger partial charge in [0.1, 0.15) is 56.8 Å². The fourth-order valence-corrected chi connectivity index (χ4v) is 33.1. The van der Waals surface area contributed by atoms with Crippen LogP contribution >= 0.6 is 0 Å². The molecule has 27 atom stereocenters. The molecule has 36 nitrogen and oxygen atoms in total. The highest BCUT2D eigenvalue weighted by Gasteiger charge is 2.81. The Morgan fingerprint density at radius 2 is 0.731 bits per heavy atom. The van der Waals surface area contributed by atoms with Crippen molar-refractivity contribution in [2.45, 2.75) is 293 Å². The Bertz CT molecular complexity index is 6530. The molecule has 770 valence electrons. The molecule has 24 aliphatic rings. The topological polar surface area (TPSA) is 563 Å². The maximum Gasteiger partial charge on any atom is 0.196 e. The lowest BCUT2D eigenvalue weighted by Crippen LogP contribution is -2.80. The molecule has 6 aromatic carbocycles. The maximum absolute atomic E-state index is 12.7. The molecule has 145 heavy (non-hydrogen) atoms. The van der Waals surface area contributed by atoms with Crippen molar-refractivity contribution in [1.29, 1.82) is 0 Å². The molecular formula is C108H122N6O30S. The van der Waals surface area contributed by atoms with E-state index in [9.17, 15) is 95.2 Å². The highest BCUT2D eigenvalue weighted by Crippen LogP contribution is 2.72. The molecule has 0 radical (unpaired) electrons. The van der Waals surface area contributed by atoms with Gasteiger partial charge in [-0.3, -0.25) is 42.1 Å². The predicted octanol–water partition coefficient (Wildman–Crippen LogP) is -0.936. The van der Waals surface area contributed by atoms with E-state index in [1.807, 2.05) is 87.9 Å². The number of likely N-dealkylation sites (N-methyl/N-ethyl adjacent to an activating group) is 4. The van der Waals surface area contributed by atoms with Crippen LogP contribution < -0.4 is 44.2 Å². The van der Waals surface area contributed by atoms with Crippen molar-refractivity contribution in [3.8, 4) is 40.2 Å². The van der Waals surface area contributed by atoms with E-state index < -0.39 is 125 Å². The largest absolute Gasteiger partial charge is 0.759 e. The van der Waals surface area contributed by atoms with E-state index in [0.29, 0.717) is 127 Å². The molecule has 30 rings (SSSR count). The number of aliphatic hydroxyl groups excluding tert-OH is 7. The molecule has 6 spiro atoms. The number of hydrogen-bond acceptors (Lipinski definition) is 35. The zero-order chi connectivity index (χ0) is 101. The molecular weight excluding hydrogens is 1890 g/mol. The summed E-state index contributed by atoms with van der Waals surface area (Å²) in [5.41, 5.74) is 8.30. The highest BCUT2D eigenvalue weighted by atomic mass is 32.3. The first-order valence-corrected chi connectivity index (χ1v) is 51.5. The van der Waals surface area contributed by atoms with Gasteiger partial charge >= 0.3 is 0 Å². The molecule has 17 N–H and O–H groups in total. The summed E-state index contributed by atoms with van der Waals surface area (Å²) in [4.78, 5) is 84.1. The first-order valence-electron chi connectivity index (χ1n) is 50.1. The standard InChI is InChI=1S/2C18H21NO5.C18H19NO4.C18H21NO4.C18H19NO4.C17H17NO4.CH3.H2O4S/c2*1-19-5-4-17-14-9-2-3-10(8-20)15(14)24-16(17)11(21)7-13(22)18(17,23)12(19)6-9;1-22-13-3-2-9-8-10-11(19)4-6-17-14(9)15(13)23-16(17)12(20)5-7-18(10,17)21;2*1-19-7-6-17-14-10-2-3-11(9-20)15(14)23-16(17)12(21)4-5-18(17,22)13(19)8-10;19-8-10-2-1-9-7-12-17(21)4-3-11(20)15-16(17,5-6-18-12)13(9)14(10)22-15;;1-5(2,3)4/h2*2-3,12-13,16,20,22-23H,4-8H2,1H3;2-3,5,7,10-11,16,21H,4,6,8,19H2,1H3;2-3,13,16,20,22H,4-9H2,1H3;2-5,13,16,20,22H,6-9H2,1H3;1-4,12,15,18-19,21H,5-8H2;1H3;(H2,1,2,3,4)/q;;;;;;+1;/p-1/t2*12-,13?,16?,17+,18+;10-,11?,16-,17-,18+;2*13-,16+,17+,18-;12-,15+,16+,17-;;/m110111../s1. The second kappa shape index (κ2) is 33.1. The van der Waals surface area contributed by atoms with E-state index in [1.165, 1.54) is 18.2 Å². The Labute approximate surface area is 835 Å². The van der Waals surface area contributed by atoms with Crippen molar-refractivity contribution >= 4 is 45.1 Å². The minimum absolute atomic E-state index is 0. The third-order valence-electron chi connectivity index (χ3n) is 39.4. The van der Waals surface area contributed by atoms with Crippen LogP contribution in [-0.4, -0.2) is 325 Å². The number of ketones is 6. The van der Waals surface area contributed by atoms with Gasteiger partial charge in [-0.05, 0) is 220 Å². The lowest BCUT2D eigenvalue weighted by Gasteiger charge is -2.63. The van der Waals surface area contributed by atoms with E-state index in [0.717, 1.165) is 137 Å². The third-order valence-corrected chi connectivity index (χ3v) is 39.4. The van der Waals surface area contributed by atoms with Crippen molar-refractivity contribution in [3.63, 3.8) is 0 Å². The summed E-state index contributed by atoms with van der Waals surface area (Å²) < 4.78 is 76.0. The van der Waals surface area contributed by atoms with Gasteiger partial charge in [-0.2, -0.15) is 0 Å². The van der Waals surface area contributed by atoms with Gasteiger partial charge in [0.05, 0.1) is 96.5 Å². The van der Waals surface area contributed by atoms with E-state index in [2.05, 4.69) is 43.8 Å².